The molecule has 1 unspecified atom stereocenters. The third-order valence-electron chi connectivity index (χ3n) is 4.67. The maximum atomic E-state index is 11.7. The predicted molar refractivity (Wildman–Crippen MR) is 114 cm³/mol. The standard InChI is InChI=1S/C20H45O3PSi/c1-4-5-6-7-8-9-10-11-12-13-14-15-16-17-18-19-20-24(21,22)23-25(2)3/h25H,4-20H2,1-3H3,(H,21,22). The van der Waals surface area contributed by atoms with Gasteiger partial charge in [0.2, 0.25) is 0 Å². The van der Waals surface area contributed by atoms with E-state index in [-0.39, 0.29) is 0 Å². The Kier molecular flexibility index (Phi) is 18.0. The third kappa shape index (κ3) is 20.5. The van der Waals surface area contributed by atoms with Crippen molar-refractivity contribution in [2.24, 2.45) is 0 Å². The van der Waals surface area contributed by atoms with Crippen LogP contribution in [0.2, 0.25) is 13.1 Å². The first-order valence-corrected chi connectivity index (χ1v) is 15.5. The summed E-state index contributed by atoms with van der Waals surface area (Å²) in [5.74, 6) is 0. The van der Waals surface area contributed by atoms with Crippen molar-refractivity contribution in [3.63, 3.8) is 0 Å². The van der Waals surface area contributed by atoms with E-state index in [0.29, 0.717) is 6.16 Å². The highest BCUT2D eigenvalue weighted by molar-refractivity contribution is 7.54. The van der Waals surface area contributed by atoms with Crippen LogP contribution in [0, 0.1) is 0 Å². The zero-order valence-electron chi connectivity index (χ0n) is 17.3. The third-order valence-corrected chi connectivity index (χ3v) is 8.56. The van der Waals surface area contributed by atoms with Gasteiger partial charge < -0.3 is 9.11 Å². The predicted octanol–water partition coefficient (Wildman–Crippen LogP) is 7.43. The summed E-state index contributed by atoms with van der Waals surface area (Å²) in [6.45, 7) is 6.16. The van der Waals surface area contributed by atoms with Gasteiger partial charge in [0.25, 0.3) is 0 Å². The summed E-state index contributed by atoms with van der Waals surface area (Å²) in [6, 6.07) is 0. The second-order valence-corrected chi connectivity index (χ2v) is 12.5. The smallest absolute Gasteiger partial charge is 0.318 e. The van der Waals surface area contributed by atoms with Crippen LogP contribution in [-0.2, 0) is 8.78 Å². The van der Waals surface area contributed by atoms with Gasteiger partial charge in [-0.15, -0.1) is 0 Å². The Hall–Kier alpha value is 0.367. The fourth-order valence-electron chi connectivity index (χ4n) is 3.24. The first-order valence-electron chi connectivity index (χ1n) is 11.0. The molecule has 1 N–H and O–H groups in total. The molecular formula is C20H45O3PSi. The van der Waals surface area contributed by atoms with Gasteiger partial charge in [-0.1, -0.05) is 103 Å². The number of hydrogen-bond acceptors (Lipinski definition) is 2. The number of hydrogen-bond donors (Lipinski definition) is 1. The van der Waals surface area contributed by atoms with Crippen LogP contribution in [0.4, 0.5) is 0 Å². The van der Waals surface area contributed by atoms with E-state index in [2.05, 4.69) is 6.92 Å². The lowest BCUT2D eigenvalue weighted by molar-refractivity contribution is 0.381. The monoisotopic (exact) mass is 392 g/mol. The molecule has 5 heteroatoms. The molecule has 0 aliphatic rings. The van der Waals surface area contributed by atoms with Gasteiger partial charge >= 0.3 is 7.60 Å². The van der Waals surface area contributed by atoms with Gasteiger partial charge in [0.15, 0.2) is 9.04 Å². The van der Waals surface area contributed by atoms with Gasteiger partial charge in [0, 0.05) is 6.16 Å². The van der Waals surface area contributed by atoms with E-state index in [1.165, 1.54) is 89.9 Å². The molecule has 3 nitrogen and oxygen atoms in total. The molecule has 0 rings (SSSR count). The van der Waals surface area contributed by atoms with Crippen LogP contribution >= 0.6 is 7.60 Å². The lowest BCUT2D eigenvalue weighted by Gasteiger charge is -2.14. The molecule has 0 aromatic rings. The quantitative estimate of drug-likeness (QED) is 0.141. The summed E-state index contributed by atoms with van der Waals surface area (Å²) in [5.41, 5.74) is 0. The van der Waals surface area contributed by atoms with Crippen LogP contribution in [-0.4, -0.2) is 20.1 Å². The maximum Gasteiger partial charge on any atom is 0.318 e. The van der Waals surface area contributed by atoms with Gasteiger partial charge in [-0.3, -0.25) is 4.57 Å². The first kappa shape index (κ1) is 25.4. The Bertz CT molecular complexity index is 324. The molecule has 0 aliphatic heterocycles. The minimum Gasteiger partial charge on any atom is -0.355 e. The van der Waals surface area contributed by atoms with E-state index in [1.807, 2.05) is 13.1 Å². The lowest BCUT2D eigenvalue weighted by Crippen LogP contribution is -2.07. The van der Waals surface area contributed by atoms with Gasteiger partial charge in [0.1, 0.15) is 0 Å². The van der Waals surface area contributed by atoms with Crippen molar-refractivity contribution in [2.75, 3.05) is 6.16 Å². The van der Waals surface area contributed by atoms with Crippen LogP contribution in [0.15, 0.2) is 0 Å². The Labute approximate surface area is 159 Å². The molecule has 0 aromatic carbocycles. The molecule has 25 heavy (non-hydrogen) atoms. The minimum absolute atomic E-state index is 0.344. The second-order valence-electron chi connectivity index (χ2n) is 7.82. The molecule has 0 aliphatic carbocycles. The molecule has 0 fully saturated rings. The highest BCUT2D eigenvalue weighted by Gasteiger charge is 2.19. The van der Waals surface area contributed by atoms with E-state index in [4.69, 9.17) is 4.21 Å². The Morgan fingerprint density at radius 3 is 1.32 bits per heavy atom. The Morgan fingerprint density at radius 1 is 0.680 bits per heavy atom. The highest BCUT2D eigenvalue weighted by Crippen LogP contribution is 2.43. The van der Waals surface area contributed by atoms with Crippen LogP contribution < -0.4 is 0 Å². The Morgan fingerprint density at radius 2 is 1.00 bits per heavy atom. The summed E-state index contributed by atoms with van der Waals surface area (Å²) in [6.07, 6.45) is 21.5. The molecule has 1 atom stereocenters. The summed E-state index contributed by atoms with van der Waals surface area (Å²) in [4.78, 5) is 9.67. The van der Waals surface area contributed by atoms with Crippen LogP contribution in [0.25, 0.3) is 0 Å². The SMILES string of the molecule is CCCCCCCCCCCCCCCCCCP(=O)(O)O[SiH](C)C. The van der Waals surface area contributed by atoms with Crippen molar-refractivity contribution in [1.29, 1.82) is 0 Å². The van der Waals surface area contributed by atoms with Gasteiger partial charge in [-0.2, -0.15) is 0 Å². The minimum atomic E-state index is -3.28. The van der Waals surface area contributed by atoms with Gasteiger partial charge in [-0.05, 0) is 19.5 Å². The summed E-state index contributed by atoms with van der Waals surface area (Å²) < 4.78 is 17.0. The molecule has 0 heterocycles. The lowest BCUT2D eigenvalue weighted by atomic mass is 10.0. The summed E-state index contributed by atoms with van der Waals surface area (Å²) in [7, 11) is -4.68. The van der Waals surface area contributed by atoms with Crippen molar-refractivity contribution in [3.05, 3.63) is 0 Å². The molecule has 152 valence electrons. The van der Waals surface area contributed by atoms with E-state index in [1.54, 1.807) is 0 Å². The molecular weight excluding hydrogens is 347 g/mol. The van der Waals surface area contributed by atoms with Gasteiger partial charge in [-0.25, -0.2) is 0 Å². The average Bonchev–Trinajstić information content (AvgIpc) is 2.53. The average molecular weight is 393 g/mol. The van der Waals surface area contributed by atoms with Crippen molar-refractivity contribution in [1.82, 2.24) is 0 Å². The normalized spacial score (nSPS) is 14.1. The molecule has 0 aromatic heterocycles. The molecule has 0 spiro atoms. The molecule has 0 saturated heterocycles. The topological polar surface area (TPSA) is 46.5 Å². The summed E-state index contributed by atoms with van der Waals surface area (Å²) >= 11 is 0. The van der Waals surface area contributed by atoms with Crippen molar-refractivity contribution >= 4 is 16.6 Å². The van der Waals surface area contributed by atoms with Crippen LogP contribution in [0.1, 0.15) is 110 Å². The number of rotatable bonds is 19. The summed E-state index contributed by atoms with van der Waals surface area (Å²) in [5, 5.41) is 0. The Balaban J connectivity index is 3.18. The molecule has 0 bridgehead atoms. The molecule has 0 radical (unpaired) electrons. The van der Waals surface area contributed by atoms with E-state index < -0.39 is 16.6 Å². The second kappa shape index (κ2) is 17.8. The van der Waals surface area contributed by atoms with E-state index in [0.717, 1.165) is 12.8 Å². The fourth-order valence-corrected chi connectivity index (χ4v) is 6.92. The van der Waals surface area contributed by atoms with Crippen LogP contribution in [0.5, 0.6) is 0 Å². The van der Waals surface area contributed by atoms with Crippen LogP contribution in [0.3, 0.4) is 0 Å². The zero-order valence-corrected chi connectivity index (χ0v) is 19.4. The van der Waals surface area contributed by atoms with E-state index in [9.17, 15) is 9.46 Å². The van der Waals surface area contributed by atoms with Crippen molar-refractivity contribution in [2.45, 2.75) is 123 Å². The fraction of sp³-hybridized carbons (Fsp3) is 1.00. The largest absolute Gasteiger partial charge is 0.355 e. The first-order chi connectivity index (χ1) is 12.0. The van der Waals surface area contributed by atoms with Crippen molar-refractivity contribution < 1.29 is 13.7 Å². The van der Waals surface area contributed by atoms with Crippen molar-refractivity contribution in [3.8, 4) is 0 Å². The molecule has 0 amide bonds. The zero-order chi connectivity index (χ0) is 18.8. The highest BCUT2D eigenvalue weighted by atomic mass is 31.2. The maximum absolute atomic E-state index is 11.7. The van der Waals surface area contributed by atoms with E-state index >= 15 is 0 Å². The van der Waals surface area contributed by atoms with Gasteiger partial charge in [0.05, 0.1) is 0 Å². The number of unbranched alkanes of at least 4 members (excludes halogenated alkanes) is 15. The molecule has 0 saturated carbocycles.